The van der Waals surface area contributed by atoms with Gasteiger partial charge in [-0.3, -0.25) is 0 Å². The van der Waals surface area contributed by atoms with Gasteiger partial charge in [0.05, 0.1) is 11.4 Å². The normalized spacial score (nSPS) is 13.6. The van der Waals surface area contributed by atoms with Crippen molar-refractivity contribution in [1.29, 1.82) is 0 Å². The Bertz CT molecular complexity index is 4980. The van der Waals surface area contributed by atoms with Crippen LogP contribution in [0.4, 0.5) is 11.4 Å². The predicted octanol–water partition coefficient (Wildman–Crippen LogP) is 27.2. The van der Waals surface area contributed by atoms with Crippen molar-refractivity contribution in [1.82, 2.24) is 0 Å². The van der Waals surface area contributed by atoms with E-state index in [9.17, 15) is 5.11 Å². The molecule has 0 aromatic heterocycles. The van der Waals surface area contributed by atoms with Crippen molar-refractivity contribution in [2.24, 2.45) is 10.2 Å². The van der Waals surface area contributed by atoms with Gasteiger partial charge in [-0.25, -0.2) is 0 Å². The van der Waals surface area contributed by atoms with E-state index in [2.05, 4.69) is 319 Å². The molecular formula is C108H118N2O7. The molecule has 2 heterocycles. The van der Waals surface area contributed by atoms with Gasteiger partial charge < -0.3 is 33.5 Å². The number of phenols is 1. The number of rotatable bonds is 14. The largest absolute Gasteiger partial charge is 0.507 e. The lowest BCUT2D eigenvalue weighted by atomic mass is 9.79. The average Bonchev–Trinajstić information content (AvgIpc) is 0.762. The first-order valence-electron chi connectivity index (χ1n) is 41.8. The minimum absolute atomic E-state index is 0.0396. The second kappa shape index (κ2) is 33.8. The molecule has 12 aromatic carbocycles. The topological polar surface area (TPSA) is 100 Å². The number of phenolic OH excluding ortho intramolecular Hbond substituents is 1. The molecule has 0 radical (unpaired) electrons. The molecule has 0 spiro atoms. The lowest BCUT2D eigenvalue weighted by Crippen LogP contribution is -2.18. The molecule has 0 atom stereocenters. The van der Waals surface area contributed by atoms with E-state index < -0.39 is 0 Å². The first-order chi connectivity index (χ1) is 55.6. The number of aromatic hydroxyl groups is 1. The van der Waals surface area contributed by atoms with Crippen LogP contribution < -0.4 is 28.4 Å². The second-order valence-corrected chi connectivity index (χ2v) is 38.6. The van der Waals surface area contributed by atoms with Gasteiger partial charge in [-0.05, 0) is 179 Å². The number of hydrogen-bond donors (Lipinski definition) is 1. The Balaban J connectivity index is 1.17. The van der Waals surface area contributed by atoms with Crippen LogP contribution in [0.2, 0.25) is 0 Å². The number of benzene rings is 12. The van der Waals surface area contributed by atoms with Gasteiger partial charge in [-0.2, -0.15) is 10.2 Å². The van der Waals surface area contributed by atoms with Gasteiger partial charge in [0.1, 0.15) is 79.9 Å². The predicted molar refractivity (Wildman–Crippen MR) is 478 cm³/mol. The van der Waals surface area contributed by atoms with E-state index in [1.54, 1.807) is 0 Å². The van der Waals surface area contributed by atoms with Gasteiger partial charge in [-0.1, -0.05) is 337 Å². The van der Waals surface area contributed by atoms with Crippen molar-refractivity contribution < 1.29 is 33.5 Å². The third kappa shape index (κ3) is 19.9. The molecule has 0 saturated carbocycles. The van der Waals surface area contributed by atoms with Crippen LogP contribution in [0, 0.1) is 0 Å². The Hall–Kier alpha value is -11.2. The van der Waals surface area contributed by atoms with Crippen LogP contribution in [0.5, 0.6) is 40.2 Å². The first kappa shape index (κ1) is 82.4. The van der Waals surface area contributed by atoms with Crippen molar-refractivity contribution >= 4 is 11.4 Å². The van der Waals surface area contributed by atoms with E-state index in [4.69, 9.17) is 38.6 Å². The molecule has 14 rings (SSSR count). The highest BCUT2D eigenvalue weighted by atomic mass is 16.5. The standard InChI is InChI=1S/C108H118N2O7/c1-103(2,3)88-50-74-44-75-51-89(104(4,5)6)55-79(98(75)113-65-71-36-26-20-27-37-71)47-84-60-93(108(16,17)18)61-85-49-81-57-91(106(10,11)12)53-77(100(81)115-67-73-40-30-22-31-41-73)45-76-52-90(105(7,8)9)56-80(99(76)114-66-72-38-28-21-29-39-72)48-83-59-92(107(13,14)15)58-82(46-78(54-88)97(74)112-64-70-34-24-19-25-35-70)101(83)116-68-86-62-95(110-109-94-42-32-23-33-43-94)63-87(96(86)111)69-117-102(84)85/h19-43,50-63,111H,44-49,64-69H2,1-18H3. The number of hydrogen-bond acceptors (Lipinski definition) is 9. The number of fused-ring (bicyclic) bond motifs is 10. The summed E-state index contributed by atoms with van der Waals surface area (Å²) in [5.74, 6) is 4.66. The van der Waals surface area contributed by atoms with Gasteiger partial charge in [0.25, 0.3) is 0 Å². The van der Waals surface area contributed by atoms with Gasteiger partial charge in [-0.15, -0.1) is 0 Å². The van der Waals surface area contributed by atoms with Gasteiger partial charge in [0.15, 0.2) is 0 Å². The van der Waals surface area contributed by atoms with E-state index in [1.807, 2.05) is 42.5 Å². The highest BCUT2D eigenvalue weighted by Gasteiger charge is 2.33. The minimum atomic E-state index is -0.357. The molecule has 2 aliphatic rings. The van der Waals surface area contributed by atoms with Crippen LogP contribution in [-0.4, -0.2) is 5.11 Å². The van der Waals surface area contributed by atoms with Crippen molar-refractivity contribution in [3.63, 3.8) is 0 Å². The molecule has 1 N–H and O–H groups in total. The van der Waals surface area contributed by atoms with Crippen LogP contribution in [0.25, 0.3) is 0 Å². The smallest absolute Gasteiger partial charge is 0.128 e. The van der Waals surface area contributed by atoms with E-state index in [-0.39, 0.29) is 51.5 Å². The maximum Gasteiger partial charge on any atom is 0.128 e. The Kier molecular flexibility index (Phi) is 23.8. The molecule has 0 fully saturated rings. The summed E-state index contributed by atoms with van der Waals surface area (Å²) >= 11 is 0. The zero-order valence-corrected chi connectivity index (χ0v) is 72.3. The van der Waals surface area contributed by atoms with E-state index in [0.717, 1.165) is 123 Å². The van der Waals surface area contributed by atoms with Crippen molar-refractivity contribution in [3.8, 4) is 40.2 Å². The molecule has 2 aliphatic heterocycles. The highest BCUT2D eigenvalue weighted by molar-refractivity contribution is 5.63. The summed E-state index contributed by atoms with van der Waals surface area (Å²) in [5.41, 5.74) is 23.6. The van der Waals surface area contributed by atoms with Crippen LogP contribution in [0.15, 0.2) is 247 Å². The summed E-state index contributed by atoms with van der Waals surface area (Å²) in [7, 11) is 0. The Morgan fingerprint density at radius 1 is 0.248 bits per heavy atom. The molecule has 12 bridgehead atoms. The van der Waals surface area contributed by atoms with Gasteiger partial charge in [0, 0.05) is 49.7 Å². The average molecular weight is 1560 g/mol. The van der Waals surface area contributed by atoms with Crippen molar-refractivity contribution in [2.45, 2.75) is 235 Å². The molecule has 602 valence electrons. The van der Waals surface area contributed by atoms with Crippen LogP contribution in [-0.2, 0) is 111 Å². The fraction of sp³-hybridized carbons (Fsp3) is 0.333. The Morgan fingerprint density at radius 2 is 0.444 bits per heavy atom. The van der Waals surface area contributed by atoms with Crippen LogP contribution >= 0.6 is 0 Å². The third-order valence-corrected chi connectivity index (χ3v) is 22.9. The second-order valence-electron chi connectivity index (χ2n) is 38.6. The lowest BCUT2D eigenvalue weighted by molar-refractivity contribution is 0.280. The zero-order valence-electron chi connectivity index (χ0n) is 72.3. The maximum absolute atomic E-state index is 13.5. The van der Waals surface area contributed by atoms with E-state index in [0.29, 0.717) is 99.0 Å². The zero-order chi connectivity index (χ0) is 82.8. The van der Waals surface area contributed by atoms with Crippen molar-refractivity contribution in [3.05, 3.63) is 370 Å². The SMILES string of the molecule is CC(C)(C)c1cc2c(OCc3ccccc3)c(c1)Cc1cc(C(C)(C)C)cc3c1OCc1cc(N=Nc4ccccc4)cc(c1O)COc1c(cc(C(C)(C)C)cc1Cc1cc(C(C)(C)C)cc(c1OCc1ccccc1)Cc1cc(C(C)(C)C)cc(c1OCc1ccccc1)C3)Cc1cc(C(C)(C)C)cc(c1OCc1ccccc1)C2. The molecule has 12 aromatic rings. The molecule has 9 heteroatoms. The molecule has 9 nitrogen and oxygen atoms in total. The highest BCUT2D eigenvalue weighted by Crippen LogP contribution is 2.48. The lowest BCUT2D eigenvalue weighted by Gasteiger charge is -2.29. The van der Waals surface area contributed by atoms with Crippen LogP contribution in [0.3, 0.4) is 0 Å². The fourth-order valence-corrected chi connectivity index (χ4v) is 15.9. The Labute approximate surface area is 696 Å². The van der Waals surface area contributed by atoms with Crippen LogP contribution in [0.1, 0.15) is 258 Å². The van der Waals surface area contributed by atoms with E-state index in [1.165, 1.54) is 22.3 Å². The van der Waals surface area contributed by atoms with E-state index >= 15 is 0 Å². The number of ether oxygens (including phenoxy) is 6. The summed E-state index contributed by atoms with van der Waals surface area (Å²) in [6.45, 7) is 42.8. The summed E-state index contributed by atoms with van der Waals surface area (Å²) in [5, 5.41) is 23.4. The van der Waals surface area contributed by atoms with Gasteiger partial charge in [0.2, 0.25) is 0 Å². The monoisotopic (exact) mass is 1550 g/mol. The number of azo groups is 1. The number of nitrogens with zero attached hydrogens (tertiary/aromatic N) is 2. The summed E-state index contributed by atoms with van der Waals surface area (Å²) < 4.78 is 46.1. The molecule has 0 saturated heterocycles. The quantitative estimate of drug-likeness (QED) is 0.108. The Morgan fingerprint density at radius 3 is 0.667 bits per heavy atom. The fourth-order valence-electron chi connectivity index (χ4n) is 15.9. The summed E-state index contributed by atoms with van der Waals surface area (Å²) in [6, 6.07) is 84.4. The molecule has 0 amide bonds. The summed E-state index contributed by atoms with van der Waals surface area (Å²) in [4.78, 5) is 0. The molecular weight excluding hydrogens is 1440 g/mol. The molecule has 0 aliphatic carbocycles. The first-order valence-corrected chi connectivity index (χ1v) is 41.8. The maximum atomic E-state index is 13.5. The van der Waals surface area contributed by atoms with Gasteiger partial charge >= 0.3 is 0 Å². The minimum Gasteiger partial charge on any atom is -0.507 e. The molecule has 117 heavy (non-hydrogen) atoms. The summed E-state index contributed by atoms with van der Waals surface area (Å²) in [6.07, 6.45) is 2.59. The third-order valence-electron chi connectivity index (χ3n) is 22.9. The van der Waals surface area contributed by atoms with Crippen molar-refractivity contribution in [2.75, 3.05) is 0 Å². The molecule has 0 unspecified atom stereocenters.